The molecule has 0 aromatic heterocycles. The molecular formula is C14H15FN2O3S. The predicted molar refractivity (Wildman–Crippen MR) is 80.2 cm³/mol. The Hall–Kier alpha value is -2.28. The smallest absolute Gasteiger partial charge is 0.236 e. The molecular weight excluding hydrogens is 295 g/mol. The number of hydrogen-bond acceptors (Lipinski definition) is 4. The van der Waals surface area contributed by atoms with E-state index in [-0.39, 0.29) is 12.4 Å². The van der Waals surface area contributed by atoms with Crippen LogP contribution in [0.2, 0.25) is 0 Å². The van der Waals surface area contributed by atoms with Crippen LogP contribution in [0.4, 0.5) is 15.8 Å². The van der Waals surface area contributed by atoms with Gasteiger partial charge in [-0.05, 0) is 36.4 Å². The highest BCUT2D eigenvalue weighted by Gasteiger charge is 2.11. The number of nitrogens with two attached hydrogens (primary N) is 1. The Morgan fingerprint density at radius 3 is 2.43 bits per heavy atom. The quantitative estimate of drug-likeness (QED) is 0.802. The summed E-state index contributed by atoms with van der Waals surface area (Å²) < 4.78 is 44.1. The molecule has 21 heavy (non-hydrogen) atoms. The Labute approximate surface area is 122 Å². The van der Waals surface area contributed by atoms with E-state index in [9.17, 15) is 12.8 Å². The van der Waals surface area contributed by atoms with E-state index in [0.29, 0.717) is 17.1 Å². The number of para-hydroxylation sites is 2. The zero-order chi connectivity index (χ0) is 15.3. The molecule has 2 aromatic rings. The lowest BCUT2D eigenvalue weighted by atomic mass is 10.3. The Balaban J connectivity index is 1.90. The number of anilines is 2. The molecule has 0 fully saturated rings. The van der Waals surface area contributed by atoms with E-state index in [0.717, 1.165) is 0 Å². The molecule has 0 aliphatic heterocycles. The topological polar surface area (TPSA) is 81.4 Å². The molecule has 0 spiro atoms. The molecule has 0 saturated carbocycles. The highest BCUT2D eigenvalue weighted by Crippen LogP contribution is 2.19. The fourth-order valence-corrected chi connectivity index (χ4v) is 2.52. The molecule has 0 aliphatic rings. The van der Waals surface area contributed by atoms with Crippen LogP contribution in [-0.2, 0) is 10.0 Å². The van der Waals surface area contributed by atoms with E-state index in [1.807, 2.05) is 0 Å². The number of sulfonamides is 1. The molecule has 0 bridgehead atoms. The lowest BCUT2D eigenvalue weighted by molar-refractivity contribution is 0.343. The Kier molecular flexibility index (Phi) is 4.64. The number of benzene rings is 2. The Morgan fingerprint density at radius 2 is 1.76 bits per heavy atom. The van der Waals surface area contributed by atoms with Gasteiger partial charge in [0.05, 0.1) is 5.69 Å². The molecule has 3 N–H and O–H groups in total. The van der Waals surface area contributed by atoms with Crippen molar-refractivity contribution in [2.45, 2.75) is 0 Å². The van der Waals surface area contributed by atoms with Crippen LogP contribution in [0.5, 0.6) is 5.75 Å². The summed E-state index contributed by atoms with van der Waals surface area (Å²) in [7, 11) is -3.57. The molecule has 0 amide bonds. The summed E-state index contributed by atoms with van der Waals surface area (Å²) in [6.07, 6.45) is 0. The predicted octanol–water partition coefficient (Wildman–Crippen LogP) is 2.23. The van der Waals surface area contributed by atoms with Crippen molar-refractivity contribution in [3.05, 3.63) is 54.3 Å². The van der Waals surface area contributed by atoms with Gasteiger partial charge in [0.2, 0.25) is 10.0 Å². The van der Waals surface area contributed by atoms with Crippen molar-refractivity contribution in [1.82, 2.24) is 0 Å². The number of nitrogen functional groups attached to an aromatic ring is 1. The maximum absolute atomic E-state index is 12.7. The normalized spacial score (nSPS) is 11.1. The van der Waals surface area contributed by atoms with Gasteiger partial charge >= 0.3 is 0 Å². The third-order valence-corrected chi connectivity index (χ3v) is 3.90. The lowest BCUT2D eigenvalue weighted by Crippen LogP contribution is -2.21. The van der Waals surface area contributed by atoms with Crippen molar-refractivity contribution in [3.8, 4) is 5.75 Å². The minimum absolute atomic E-state index is 0.0370. The third kappa shape index (κ3) is 4.64. The van der Waals surface area contributed by atoms with Crippen molar-refractivity contribution in [2.75, 3.05) is 22.8 Å². The first-order chi connectivity index (χ1) is 9.96. The number of nitrogens with one attached hydrogen (secondary N) is 1. The van der Waals surface area contributed by atoms with Crippen LogP contribution in [0.3, 0.4) is 0 Å². The lowest BCUT2D eigenvalue weighted by Gasteiger charge is -2.10. The van der Waals surface area contributed by atoms with Crippen LogP contribution in [0, 0.1) is 5.82 Å². The minimum Gasteiger partial charge on any atom is -0.490 e. The van der Waals surface area contributed by atoms with E-state index in [2.05, 4.69) is 4.72 Å². The van der Waals surface area contributed by atoms with Crippen LogP contribution in [0.15, 0.2) is 48.5 Å². The van der Waals surface area contributed by atoms with Gasteiger partial charge in [-0.25, -0.2) is 12.8 Å². The highest BCUT2D eigenvalue weighted by atomic mass is 32.2. The molecule has 0 unspecified atom stereocenters. The number of ether oxygens (including phenoxy) is 1. The Bertz CT molecular complexity index is 702. The van der Waals surface area contributed by atoms with Crippen molar-refractivity contribution >= 4 is 21.4 Å². The van der Waals surface area contributed by atoms with Gasteiger partial charge in [0.1, 0.15) is 23.9 Å². The van der Waals surface area contributed by atoms with Gasteiger partial charge in [0.15, 0.2) is 0 Å². The minimum atomic E-state index is -3.57. The second-order valence-electron chi connectivity index (χ2n) is 4.31. The van der Waals surface area contributed by atoms with Crippen LogP contribution < -0.4 is 15.2 Å². The van der Waals surface area contributed by atoms with Gasteiger partial charge < -0.3 is 10.5 Å². The van der Waals surface area contributed by atoms with Crippen molar-refractivity contribution in [1.29, 1.82) is 0 Å². The summed E-state index contributed by atoms with van der Waals surface area (Å²) in [5, 5.41) is 0. The first-order valence-corrected chi connectivity index (χ1v) is 7.85. The fraction of sp³-hybridized carbons (Fsp3) is 0.143. The van der Waals surface area contributed by atoms with Crippen LogP contribution >= 0.6 is 0 Å². The van der Waals surface area contributed by atoms with Crippen molar-refractivity contribution < 1.29 is 17.5 Å². The van der Waals surface area contributed by atoms with E-state index < -0.39 is 15.8 Å². The maximum atomic E-state index is 12.7. The monoisotopic (exact) mass is 310 g/mol. The van der Waals surface area contributed by atoms with Gasteiger partial charge in [-0.2, -0.15) is 0 Å². The van der Waals surface area contributed by atoms with E-state index in [1.165, 1.54) is 24.3 Å². The number of rotatable bonds is 6. The first-order valence-electron chi connectivity index (χ1n) is 6.20. The molecule has 5 nitrogen and oxygen atoms in total. The van der Waals surface area contributed by atoms with Crippen molar-refractivity contribution in [3.63, 3.8) is 0 Å². The average molecular weight is 310 g/mol. The van der Waals surface area contributed by atoms with Gasteiger partial charge in [-0.1, -0.05) is 12.1 Å². The summed E-state index contributed by atoms with van der Waals surface area (Å²) in [4.78, 5) is 0. The standard InChI is InChI=1S/C14H15FN2O3S/c15-11-5-7-12(8-6-11)17-21(18,19)10-9-20-14-4-2-1-3-13(14)16/h1-8,17H,9-10,16H2. The second kappa shape index (κ2) is 6.45. The van der Waals surface area contributed by atoms with E-state index in [4.69, 9.17) is 10.5 Å². The molecule has 2 aromatic carbocycles. The summed E-state index contributed by atoms with van der Waals surface area (Å²) >= 11 is 0. The first kappa shape index (κ1) is 15.1. The molecule has 0 radical (unpaired) electrons. The molecule has 2 rings (SSSR count). The van der Waals surface area contributed by atoms with E-state index in [1.54, 1.807) is 24.3 Å². The average Bonchev–Trinajstić information content (AvgIpc) is 2.43. The number of hydrogen-bond donors (Lipinski definition) is 2. The van der Waals surface area contributed by atoms with Crippen LogP contribution in [0.1, 0.15) is 0 Å². The Morgan fingerprint density at radius 1 is 1.10 bits per heavy atom. The summed E-state index contributed by atoms with van der Waals surface area (Å²) in [6, 6.07) is 11.9. The molecule has 112 valence electrons. The van der Waals surface area contributed by atoms with E-state index >= 15 is 0 Å². The fourth-order valence-electron chi connectivity index (χ4n) is 1.62. The largest absolute Gasteiger partial charge is 0.490 e. The van der Waals surface area contributed by atoms with Gasteiger partial charge in [0.25, 0.3) is 0 Å². The zero-order valence-electron chi connectivity index (χ0n) is 11.1. The van der Waals surface area contributed by atoms with Crippen LogP contribution in [0.25, 0.3) is 0 Å². The highest BCUT2D eigenvalue weighted by molar-refractivity contribution is 7.92. The summed E-state index contributed by atoms with van der Waals surface area (Å²) in [5.74, 6) is -0.228. The molecule has 0 atom stereocenters. The number of halogens is 1. The van der Waals surface area contributed by atoms with Crippen molar-refractivity contribution in [2.24, 2.45) is 0 Å². The molecule has 0 heterocycles. The summed E-state index contributed by atoms with van der Waals surface area (Å²) in [5.41, 5.74) is 6.43. The summed E-state index contributed by atoms with van der Waals surface area (Å²) in [6.45, 7) is -0.0370. The van der Waals surface area contributed by atoms with Gasteiger partial charge in [-0.15, -0.1) is 0 Å². The van der Waals surface area contributed by atoms with Crippen LogP contribution in [-0.4, -0.2) is 20.8 Å². The molecule has 0 saturated heterocycles. The SMILES string of the molecule is Nc1ccccc1OCCS(=O)(=O)Nc1ccc(F)cc1. The third-order valence-electron chi connectivity index (χ3n) is 2.65. The molecule has 7 heteroatoms. The van der Waals surface area contributed by atoms with Gasteiger partial charge in [-0.3, -0.25) is 4.72 Å². The zero-order valence-corrected chi connectivity index (χ0v) is 11.9. The maximum Gasteiger partial charge on any atom is 0.236 e. The second-order valence-corrected chi connectivity index (χ2v) is 6.16. The molecule has 0 aliphatic carbocycles. The van der Waals surface area contributed by atoms with Gasteiger partial charge in [0, 0.05) is 5.69 Å².